The fourth-order valence-corrected chi connectivity index (χ4v) is 8.84. The fourth-order valence-electron chi connectivity index (χ4n) is 8.28. The number of imidazole rings is 1. The molecule has 6 aromatic rings. The van der Waals surface area contributed by atoms with E-state index in [1.54, 1.807) is 53.2 Å². The summed E-state index contributed by atoms with van der Waals surface area (Å²) in [5.74, 6) is 1.22. The highest BCUT2D eigenvalue weighted by atomic mass is 35.5. The first-order valence-electron chi connectivity index (χ1n) is 19.8. The smallest absolute Gasteiger partial charge is 0.328 e. The third-order valence-electron chi connectivity index (χ3n) is 11.5. The van der Waals surface area contributed by atoms with Crippen molar-refractivity contribution >= 4 is 80.9 Å². The number of piperazine rings is 1. The minimum Gasteiger partial charge on any atom is -0.495 e. The first-order chi connectivity index (χ1) is 29.1. The Kier molecular flexibility index (Phi) is 10.7. The first-order valence-corrected chi connectivity index (χ1v) is 20.5. The quantitative estimate of drug-likeness (QED) is 0.186. The predicted molar refractivity (Wildman–Crippen MR) is 229 cm³/mol. The first kappa shape index (κ1) is 39.2. The van der Waals surface area contributed by atoms with Crippen molar-refractivity contribution in [1.29, 1.82) is 0 Å². The van der Waals surface area contributed by atoms with Gasteiger partial charge in [0.15, 0.2) is 5.65 Å². The largest absolute Gasteiger partial charge is 0.495 e. The minimum absolute atomic E-state index is 0.0757. The van der Waals surface area contributed by atoms with E-state index in [0.717, 1.165) is 56.9 Å². The average Bonchev–Trinajstić information content (AvgIpc) is 3.75. The number of benzene rings is 3. The van der Waals surface area contributed by atoms with Gasteiger partial charge >= 0.3 is 6.03 Å². The number of halogens is 2. The number of methoxy groups -OCH3 is 1. The van der Waals surface area contributed by atoms with Gasteiger partial charge in [0.25, 0.3) is 11.5 Å². The highest BCUT2D eigenvalue weighted by molar-refractivity contribution is 6.37. The monoisotopic (exact) mass is 849 g/mol. The lowest BCUT2D eigenvalue weighted by Gasteiger charge is -2.39. The number of likely N-dealkylation sites (tertiary alicyclic amines) is 1. The molecule has 3 aromatic heterocycles. The fraction of sp³-hybridized carbons (Fsp3) is 0.310. The Morgan fingerprint density at radius 2 is 1.67 bits per heavy atom. The standard InChI is InChI=1S/C42H41Cl2N11O5/c1-60-34-10-5-27(23-33(34)53-17-13-35(56)48-42(53)59)38(57)52-15-11-26(12-16-52)25-50-19-21-51(22-20-50)29-8-6-28(7-9-29)47-40-46-24-30-37(49-40)54-18-14-45-41(54)55(39(30)58)36-31(43)3-2-4-32(36)44/h2-10,14,18,23-24,26H,11-13,15-17,19-22,25H2,1H3,(H,46,47,49)(H,48,56,59). The Balaban J connectivity index is 0.781. The number of aromatic nitrogens is 5. The second-order valence-corrected chi connectivity index (χ2v) is 15.9. The van der Waals surface area contributed by atoms with Gasteiger partial charge in [0.2, 0.25) is 17.6 Å². The number of nitrogens with one attached hydrogen (secondary N) is 2. The molecule has 3 aromatic carbocycles. The predicted octanol–water partition coefficient (Wildman–Crippen LogP) is 5.61. The normalized spacial score (nSPS) is 16.8. The number of fused-ring (bicyclic) bond motifs is 3. The maximum atomic E-state index is 13.7. The molecule has 0 unspecified atom stereocenters. The van der Waals surface area contributed by atoms with E-state index < -0.39 is 6.03 Å². The minimum atomic E-state index is -0.522. The molecule has 3 aliphatic rings. The molecule has 16 nitrogen and oxygen atoms in total. The van der Waals surface area contributed by atoms with Crippen LogP contribution in [0.3, 0.4) is 0 Å². The second-order valence-electron chi connectivity index (χ2n) is 15.1. The van der Waals surface area contributed by atoms with Crippen molar-refractivity contribution in [1.82, 2.24) is 39.0 Å². The number of urea groups is 1. The van der Waals surface area contributed by atoms with Crippen LogP contribution in [0, 0.1) is 5.92 Å². The molecule has 0 saturated carbocycles. The second kappa shape index (κ2) is 16.4. The summed E-state index contributed by atoms with van der Waals surface area (Å²) in [7, 11) is 1.51. The van der Waals surface area contributed by atoms with Crippen molar-refractivity contribution in [2.45, 2.75) is 19.3 Å². The highest BCUT2D eigenvalue weighted by Gasteiger charge is 2.30. The molecule has 0 atom stereocenters. The third-order valence-corrected chi connectivity index (χ3v) is 12.1. The topological polar surface area (TPSA) is 163 Å². The van der Waals surface area contributed by atoms with Gasteiger partial charge < -0.3 is 19.9 Å². The van der Waals surface area contributed by atoms with Crippen LogP contribution in [-0.2, 0) is 4.79 Å². The van der Waals surface area contributed by atoms with E-state index in [1.807, 2.05) is 17.0 Å². The summed E-state index contributed by atoms with van der Waals surface area (Å²) in [6, 6.07) is 17.8. The summed E-state index contributed by atoms with van der Waals surface area (Å²) in [6.45, 7) is 6.24. The molecule has 0 bridgehead atoms. The van der Waals surface area contributed by atoms with E-state index in [9.17, 15) is 19.2 Å². The van der Waals surface area contributed by atoms with Gasteiger partial charge in [-0.05, 0) is 73.4 Å². The van der Waals surface area contributed by atoms with E-state index in [2.05, 4.69) is 42.5 Å². The number of hydrogen-bond donors (Lipinski definition) is 2. The number of anilines is 4. The molecule has 0 radical (unpaired) electrons. The van der Waals surface area contributed by atoms with Crippen LogP contribution in [0.4, 0.5) is 27.8 Å². The van der Waals surface area contributed by atoms with Gasteiger partial charge in [-0.25, -0.2) is 19.3 Å². The Labute approximate surface area is 354 Å². The number of nitrogens with zero attached hydrogens (tertiary/aromatic N) is 9. The van der Waals surface area contributed by atoms with Crippen molar-refractivity contribution in [3.8, 4) is 11.4 Å². The van der Waals surface area contributed by atoms with Gasteiger partial charge in [0, 0.05) is 94.3 Å². The van der Waals surface area contributed by atoms with Crippen LogP contribution in [0.15, 0.2) is 84.0 Å². The molecule has 18 heteroatoms. The van der Waals surface area contributed by atoms with Crippen molar-refractivity contribution in [3.63, 3.8) is 0 Å². The zero-order valence-electron chi connectivity index (χ0n) is 32.7. The van der Waals surface area contributed by atoms with Gasteiger partial charge in [0.1, 0.15) is 11.1 Å². The van der Waals surface area contributed by atoms with Crippen LogP contribution < -0.4 is 30.7 Å². The number of amides is 4. The van der Waals surface area contributed by atoms with Gasteiger partial charge in [-0.15, -0.1) is 0 Å². The summed E-state index contributed by atoms with van der Waals surface area (Å²) < 4.78 is 8.56. The van der Waals surface area contributed by atoms with Crippen LogP contribution >= 0.6 is 23.2 Å². The number of carbonyl (C=O) groups excluding carboxylic acids is 3. The van der Waals surface area contributed by atoms with Crippen LogP contribution in [0.2, 0.25) is 10.0 Å². The van der Waals surface area contributed by atoms with Gasteiger partial charge in [-0.3, -0.25) is 33.9 Å². The van der Waals surface area contributed by atoms with Gasteiger partial charge in [0.05, 0.1) is 28.5 Å². The summed E-state index contributed by atoms with van der Waals surface area (Å²) in [4.78, 5) is 73.3. The summed E-state index contributed by atoms with van der Waals surface area (Å²) in [6.07, 6.45) is 6.83. The third kappa shape index (κ3) is 7.57. The Morgan fingerprint density at radius 3 is 2.38 bits per heavy atom. The molecular formula is C42H41Cl2N11O5. The van der Waals surface area contributed by atoms with Crippen molar-refractivity contribution in [3.05, 3.63) is 105 Å². The molecule has 3 aliphatic heterocycles. The van der Waals surface area contributed by atoms with Gasteiger partial charge in [-0.2, -0.15) is 4.98 Å². The molecule has 60 heavy (non-hydrogen) atoms. The van der Waals surface area contributed by atoms with E-state index in [0.29, 0.717) is 69.1 Å². The molecule has 308 valence electrons. The van der Waals surface area contributed by atoms with Crippen LogP contribution in [0.5, 0.6) is 5.75 Å². The lowest BCUT2D eigenvalue weighted by molar-refractivity contribution is -0.120. The molecule has 3 saturated heterocycles. The Morgan fingerprint density at radius 1 is 0.917 bits per heavy atom. The summed E-state index contributed by atoms with van der Waals surface area (Å²) in [5.41, 5.74) is 3.24. The molecule has 3 fully saturated rings. The van der Waals surface area contributed by atoms with E-state index in [4.69, 9.17) is 32.9 Å². The maximum Gasteiger partial charge on any atom is 0.328 e. The highest BCUT2D eigenvalue weighted by Crippen LogP contribution is 2.33. The molecule has 9 rings (SSSR count). The Bertz CT molecular complexity index is 2670. The van der Waals surface area contributed by atoms with E-state index in [-0.39, 0.29) is 35.7 Å². The average molecular weight is 851 g/mol. The number of piperidine rings is 1. The number of rotatable bonds is 9. The SMILES string of the molecule is COc1ccc(C(=O)N2CCC(CN3CCN(c4ccc(Nc5ncc6c(=O)n(-c7c(Cl)cccc7Cl)c7nccn7c6n5)cc4)CC3)CC2)cc1N1CCC(=O)NC1=O. The number of para-hydroxylation sites is 1. The number of carbonyl (C=O) groups is 3. The van der Waals surface area contributed by atoms with Crippen LogP contribution in [0.25, 0.3) is 22.5 Å². The summed E-state index contributed by atoms with van der Waals surface area (Å²) in [5, 5.41) is 6.52. The lowest BCUT2D eigenvalue weighted by atomic mass is 9.95. The van der Waals surface area contributed by atoms with Gasteiger partial charge in [-0.1, -0.05) is 29.3 Å². The van der Waals surface area contributed by atoms with E-state index in [1.165, 1.54) is 22.8 Å². The lowest BCUT2D eigenvalue weighted by Crippen LogP contribution is -2.50. The maximum absolute atomic E-state index is 13.7. The number of imide groups is 1. The molecule has 0 spiro atoms. The molecule has 2 N–H and O–H groups in total. The zero-order valence-corrected chi connectivity index (χ0v) is 34.2. The molecular weight excluding hydrogens is 809 g/mol. The van der Waals surface area contributed by atoms with E-state index >= 15 is 0 Å². The molecule has 4 amide bonds. The van der Waals surface area contributed by atoms with Crippen molar-refractivity contribution < 1.29 is 19.1 Å². The summed E-state index contributed by atoms with van der Waals surface area (Å²) >= 11 is 13.0. The Hall–Kier alpha value is -6.23. The number of hydrogen-bond acceptors (Lipinski definition) is 11. The zero-order chi connectivity index (χ0) is 41.5. The molecule has 6 heterocycles. The molecule has 0 aliphatic carbocycles. The van der Waals surface area contributed by atoms with Crippen LogP contribution in [0.1, 0.15) is 29.6 Å². The van der Waals surface area contributed by atoms with Crippen molar-refractivity contribution in [2.24, 2.45) is 5.92 Å². The number of ether oxygens (including phenoxy) is 1. The van der Waals surface area contributed by atoms with Crippen molar-refractivity contribution in [2.75, 3.05) is 74.6 Å². The van der Waals surface area contributed by atoms with Crippen LogP contribution in [-0.4, -0.2) is 111 Å².